The zero-order valence-corrected chi connectivity index (χ0v) is 8.73. The highest BCUT2D eigenvalue weighted by Gasteiger charge is 2.36. The third-order valence-corrected chi connectivity index (χ3v) is 2.82. The topological polar surface area (TPSA) is 18.5 Å². The lowest BCUT2D eigenvalue weighted by Gasteiger charge is -2.28. The van der Waals surface area contributed by atoms with E-state index < -0.39 is 0 Å². The maximum Gasteiger partial charge on any atom is 0.163 e. The predicted octanol–water partition coefficient (Wildman–Crippen LogP) is 2.40. The van der Waals surface area contributed by atoms with E-state index in [0.717, 1.165) is 6.42 Å². The standard InChI is InChI=1S/C9H17ClO2/c1-4-9(2,3)8-11-6-7(5-10)12-8/h7-8H,4-6H2,1-3H3. The molecule has 3 heteroatoms. The van der Waals surface area contributed by atoms with E-state index in [4.69, 9.17) is 21.1 Å². The minimum atomic E-state index is -0.0775. The van der Waals surface area contributed by atoms with Gasteiger partial charge in [-0.2, -0.15) is 0 Å². The fraction of sp³-hybridized carbons (Fsp3) is 1.00. The summed E-state index contributed by atoms with van der Waals surface area (Å²) in [6.45, 7) is 7.07. The minimum absolute atomic E-state index is 0.0775. The summed E-state index contributed by atoms with van der Waals surface area (Å²) in [6, 6.07) is 0. The Morgan fingerprint density at radius 2 is 2.17 bits per heavy atom. The predicted molar refractivity (Wildman–Crippen MR) is 49.4 cm³/mol. The molecule has 0 bridgehead atoms. The molecule has 0 aliphatic carbocycles. The van der Waals surface area contributed by atoms with E-state index in [0.29, 0.717) is 12.5 Å². The number of alkyl halides is 1. The molecule has 0 N–H and O–H groups in total. The molecule has 0 aromatic heterocycles. The zero-order valence-electron chi connectivity index (χ0n) is 7.97. The molecule has 1 aliphatic heterocycles. The van der Waals surface area contributed by atoms with E-state index in [1.807, 2.05) is 0 Å². The Hall–Kier alpha value is 0.210. The van der Waals surface area contributed by atoms with Crippen molar-refractivity contribution in [2.24, 2.45) is 5.41 Å². The van der Waals surface area contributed by atoms with E-state index in [2.05, 4.69) is 20.8 Å². The molecular formula is C9H17ClO2. The molecule has 72 valence electrons. The average Bonchev–Trinajstić information content (AvgIpc) is 2.52. The van der Waals surface area contributed by atoms with Gasteiger partial charge in [0.25, 0.3) is 0 Å². The van der Waals surface area contributed by atoms with Crippen LogP contribution in [0.3, 0.4) is 0 Å². The van der Waals surface area contributed by atoms with E-state index >= 15 is 0 Å². The number of halogens is 1. The molecule has 12 heavy (non-hydrogen) atoms. The van der Waals surface area contributed by atoms with E-state index in [9.17, 15) is 0 Å². The van der Waals surface area contributed by atoms with Gasteiger partial charge in [-0.1, -0.05) is 20.8 Å². The van der Waals surface area contributed by atoms with Crippen molar-refractivity contribution in [3.05, 3.63) is 0 Å². The summed E-state index contributed by atoms with van der Waals surface area (Å²) in [5.41, 5.74) is 0.0980. The van der Waals surface area contributed by atoms with Crippen molar-refractivity contribution in [1.82, 2.24) is 0 Å². The van der Waals surface area contributed by atoms with Crippen molar-refractivity contribution in [2.45, 2.75) is 39.6 Å². The molecule has 1 heterocycles. The van der Waals surface area contributed by atoms with Crippen molar-refractivity contribution in [3.8, 4) is 0 Å². The van der Waals surface area contributed by atoms with Crippen LogP contribution in [0.5, 0.6) is 0 Å². The van der Waals surface area contributed by atoms with Crippen LogP contribution in [0.4, 0.5) is 0 Å². The van der Waals surface area contributed by atoms with Crippen LogP contribution in [0.25, 0.3) is 0 Å². The normalized spacial score (nSPS) is 31.0. The summed E-state index contributed by atoms with van der Waals surface area (Å²) in [6.07, 6.45) is 1.06. The van der Waals surface area contributed by atoms with Crippen LogP contribution in [-0.4, -0.2) is 24.9 Å². The van der Waals surface area contributed by atoms with Crippen LogP contribution in [0, 0.1) is 5.41 Å². The Morgan fingerprint density at radius 3 is 2.58 bits per heavy atom. The first-order valence-corrected chi connectivity index (χ1v) is 4.96. The summed E-state index contributed by atoms with van der Waals surface area (Å²) < 4.78 is 11.1. The molecule has 0 saturated carbocycles. The second kappa shape index (κ2) is 3.95. The van der Waals surface area contributed by atoms with Gasteiger partial charge in [0.15, 0.2) is 6.29 Å². The van der Waals surface area contributed by atoms with Gasteiger partial charge in [0.1, 0.15) is 0 Å². The van der Waals surface area contributed by atoms with Crippen molar-refractivity contribution in [1.29, 1.82) is 0 Å². The summed E-state index contributed by atoms with van der Waals surface area (Å²) >= 11 is 5.66. The molecule has 1 aliphatic rings. The highest BCUT2D eigenvalue weighted by molar-refractivity contribution is 6.18. The van der Waals surface area contributed by atoms with Crippen LogP contribution in [0.1, 0.15) is 27.2 Å². The van der Waals surface area contributed by atoms with E-state index in [1.165, 1.54) is 0 Å². The summed E-state index contributed by atoms with van der Waals surface area (Å²) in [7, 11) is 0. The maximum atomic E-state index is 5.66. The molecule has 1 saturated heterocycles. The molecule has 1 rings (SSSR count). The number of hydrogen-bond donors (Lipinski definition) is 0. The van der Waals surface area contributed by atoms with Gasteiger partial charge in [0.05, 0.1) is 18.6 Å². The second-order valence-corrected chi connectivity index (χ2v) is 4.23. The SMILES string of the molecule is CCC(C)(C)C1OCC(CCl)O1. The Labute approximate surface area is 79.2 Å². The lowest BCUT2D eigenvalue weighted by Crippen LogP contribution is -2.30. The zero-order chi connectivity index (χ0) is 9.19. The van der Waals surface area contributed by atoms with Gasteiger partial charge in [-0.15, -0.1) is 11.6 Å². The molecule has 0 aromatic carbocycles. The Balaban J connectivity index is 2.46. The Kier molecular flexibility index (Phi) is 3.38. The van der Waals surface area contributed by atoms with Gasteiger partial charge in [-0.25, -0.2) is 0 Å². The van der Waals surface area contributed by atoms with Crippen LogP contribution in [-0.2, 0) is 9.47 Å². The molecule has 0 aromatic rings. The smallest absolute Gasteiger partial charge is 0.163 e. The minimum Gasteiger partial charge on any atom is -0.349 e. The molecule has 0 amide bonds. The van der Waals surface area contributed by atoms with Crippen molar-refractivity contribution in [2.75, 3.05) is 12.5 Å². The summed E-state index contributed by atoms with van der Waals surface area (Å²) in [5.74, 6) is 0.524. The van der Waals surface area contributed by atoms with E-state index in [-0.39, 0.29) is 17.8 Å². The van der Waals surface area contributed by atoms with Crippen molar-refractivity contribution in [3.63, 3.8) is 0 Å². The van der Waals surface area contributed by atoms with Gasteiger partial charge in [-0.05, 0) is 6.42 Å². The number of rotatable bonds is 3. The van der Waals surface area contributed by atoms with Gasteiger partial charge >= 0.3 is 0 Å². The average molecular weight is 193 g/mol. The van der Waals surface area contributed by atoms with Crippen LogP contribution in [0.15, 0.2) is 0 Å². The van der Waals surface area contributed by atoms with Crippen molar-refractivity contribution < 1.29 is 9.47 Å². The van der Waals surface area contributed by atoms with Crippen LogP contribution >= 0.6 is 11.6 Å². The van der Waals surface area contributed by atoms with E-state index in [1.54, 1.807) is 0 Å². The maximum absolute atomic E-state index is 5.66. The lowest BCUT2D eigenvalue weighted by molar-refractivity contribution is -0.129. The molecule has 2 atom stereocenters. The molecular weight excluding hydrogens is 176 g/mol. The third kappa shape index (κ3) is 2.12. The summed E-state index contributed by atoms with van der Waals surface area (Å²) in [5, 5.41) is 0. The Morgan fingerprint density at radius 1 is 1.50 bits per heavy atom. The summed E-state index contributed by atoms with van der Waals surface area (Å²) in [4.78, 5) is 0. The van der Waals surface area contributed by atoms with Crippen molar-refractivity contribution >= 4 is 11.6 Å². The fourth-order valence-electron chi connectivity index (χ4n) is 1.11. The highest BCUT2D eigenvalue weighted by atomic mass is 35.5. The molecule has 1 fully saturated rings. The van der Waals surface area contributed by atoms with Crippen LogP contribution < -0.4 is 0 Å². The molecule has 0 spiro atoms. The first kappa shape index (κ1) is 10.3. The molecule has 2 nitrogen and oxygen atoms in total. The second-order valence-electron chi connectivity index (χ2n) is 3.92. The molecule has 2 unspecified atom stereocenters. The monoisotopic (exact) mass is 192 g/mol. The number of hydrogen-bond acceptors (Lipinski definition) is 2. The van der Waals surface area contributed by atoms with Gasteiger partial charge in [0.2, 0.25) is 0 Å². The van der Waals surface area contributed by atoms with Gasteiger partial charge < -0.3 is 9.47 Å². The highest BCUT2D eigenvalue weighted by Crippen LogP contribution is 2.32. The quantitative estimate of drug-likeness (QED) is 0.640. The van der Waals surface area contributed by atoms with Crippen LogP contribution in [0.2, 0.25) is 0 Å². The third-order valence-electron chi connectivity index (χ3n) is 2.47. The number of ether oxygens (including phenoxy) is 2. The fourth-order valence-corrected chi connectivity index (χ4v) is 1.27. The molecule has 0 radical (unpaired) electrons. The Bertz CT molecular complexity index is 147. The van der Waals surface area contributed by atoms with Gasteiger partial charge in [0, 0.05) is 5.41 Å². The first-order chi connectivity index (χ1) is 5.60. The largest absolute Gasteiger partial charge is 0.349 e. The first-order valence-electron chi connectivity index (χ1n) is 4.43. The lowest BCUT2D eigenvalue weighted by atomic mass is 9.89. The van der Waals surface area contributed by atoms with Gasteiger partial charge in [-0.3, -0.25) is 0 Å².